The van der Waals surface area contributed by atoms with Crippen molar-refractivity contribution in [3.05, 3.63) is 0 Å². The minimum absolute atomic E-state index is 0.105. The van der Waals surface area contributed by atoms with Crippen LogP contribution >= 0.6 is 0 Å². The summed E-state index contributed by atoms with van der Waals surface area (Å²) in [5, 5.41) is 3.32. The van der Waals surface area contributed by atoms with E-state index in [1.54, 1.807) is 0 Å². The van der Waals surface area contributed by atoms with Crippen molar-refractivity contribution < 1.29 is 9.53 Å². The predicted octanol–water partition coefficient (Wildman–Crippen LogP) is 2.29. The Morgan fingerprint density at radius 2 is 1.95 bits per heavy atom. The summed E-state index contributed by atoms with van der Waals surface area (Å²) in [6.07, 6.45) is 3.54. The van der Waals surface area contributed by atoms with Crippen LogP contribution in [-0.2, 0) is 9.53 Å². The van der Waals surface area contributed by atoms with Crippen molar-refractivity contribution in [3.8, 4) is 0 Å². The van der Waals surface area contributed by atoms with Crippen molar-refractivity contribution >= 4 is 5.97 Å². The van der Waals surface area contributed by atoms with Crippen LogP contribution in [0.2, 0.25) is 0 Å². The van der Waals surface area contributed by atoms with Crippen LogP contribution < -0.4 is 5.32 Å². The van der Waals surface area contributed by atoms with Gasteiger partial charge in [-0.15, -0.1) is 0 Å². The molecule has 0 aliphatic carbocycles. The molecule has 20 heavy (non-hydrogen) atoms. The molecule has 0 radical (unpaired) electrons. The molecule has 0 bridgehead atoms. The summed E-state index contributed by atoms with van der Waals surface area (Å²) >= 11 is 0. The first-order valence-corrected chi connectivity index (χ1v) is 8.20. The SMILES string of the molecule is CCCNC(CN1CCC(C(C)C)CC1)C(=O)OCC. The van der Waals surface area contributed by atoms with Crippen LogP contribution in [0.3, 0.4) is 0 Å². The Morgan fingerprint density at radius 1 is 1.30 bits per heavy atom. The number of hydrogen-bond donors (Lipinski definition) is 1. The van der Waals surface area contributed by atoms with Gasteiger partial charge in [0.15, 0.2) is 0 Å². The maximum atomic E-state index is 12.0. The molecule has 1 unspecified atom stereocenters. The van der Waals surface area contributed by atoms with Gasteiger partial charge in [-0.05, 0) is 57.7 Å². The van der Waals surface area contributed by atoms with Crippen molar-refractivity contribution in [2.75, 3.05) is 32.8 Å². The van der Waals surface area contributed by atoms with Gasteiger partial charge >= 0.3 is 5.97 Å². The molecule has 1 rings (SSSR count). The molecule has 1 saturated heterocycles. The average molecular weight is 284 g/mol. The van der Waals surface area contributed by atoms with Gasteiger partial charge in [-0.3, -0.25) is 4.79 Å². The first kappa shape index (κ1) is 17.4. The van der Waals surface area contributed by atoms with Gasteiger partial charge in [0.2, 0.25) is 0 Å². The van der Waals surface area contributed by atoms with E-state index >= 15 is 0 Å². The minimum Gasteiger partial charge on any atom is -0.465 e. The third kappa shape index (κ3) is 5.80. The van der Waals surface area contributed by atoms with Crippen LogP contribution in [0.5, 0.6) is 0 Å². The topological polar surface area (TPSA) is 41.6 Å². The highest BCUT2D eigenvalue weighted by Gasteiger charge is 2.26. The Morgan fingerprint density at radius 3 is 2.45 bits per heavy atom. The number of carbonyl (C=O) groups is 1. The van der Waals surface area contributed by atoms with Crippen LogP contribution in [0.4, 0.5) is 0 Å². The van der Waals surface area contributed by atoms with Crippen molar-refractivity contribution in [2.45, 2.75) is 53.0 Å². The molecular weight excluding hydrogens is 252 g/mol. The third-order valence-corrected chi connectivity index (χ3v) is 4.23. The largest absolute Gasteiger partial charge is 0.465 e. The second-order valence-corrected chi connectivity index (χ2v) is 6.14. The molecule has 1 N–H and O–H groups in total. The van der Waals surface area contributed by atoms with Crippen LogP contribution in [0.1, 0.15) is 47.0 Å². The van der Waals surface area contributed by atoms with Gasteiger partial charge < -0.3 is 15.0 Å². The van der Waals surface area contributed by atoms with Gasteiger partial charge in [0.05, 0.1) is 6.61 Å². The molecule has 4 nitrogen and oxygen atoms in total. The maximum Gasteiger partial charge on any atom is 0.324 e. The van der Waals surface area contributed by atoms with E-state index in [4.69, 9.17) is 4.74 Å². The number of likely N-dealkylation sites (tertiary alicyclic amines) is 1. The number of hydrogen-bond acceptors (Lipinski definition) is 4. The van der Waals surface area contributed by atoms with Gasteiger partial charge in [-0.1, -0.05) is 20.8 Å². The number of ether oxygens (including phenoxy) is 1. The van der Waals surface area contributed by atoms with E-state index in [2.05, 4.69) is 31.0 Å². The number of rotatable bonds is 8. The number of nitrogens with zero attached hydrogens (tertiary/aromatic N) is 1. The van der Waals surface area contributed by atoms with E-state index in [-0.39, 0.29) is 12.0 Å². The first-order valence-electron chi connectivity index (χ1n) is 8.20. The molecule has 4 heteroatoms. The first-order chi connectivity index (χ1) is 9.58. The Hall–Kier alpha value is -0.610. The minimum atomic E-state index is -0.175. The number of piperidine rings is 1. The zero-order valence-electron chi connectivity index (χ0n) is 13.7. The summed E-state index contributed by atoms with van der Waals surface area (Å²) in [7, 11) is 0. The lowest BCUT2D eigenvalue weighted by molar-refractivity contribution is -0.146. The average Bonchev–Trinajstić information content (AvgIpc) is 2.44. The van der Waals surface area contributed by atoms with Gasteiger partial charge in [0, 0.05) is 6.54 Å². The van der Waals surface area contributed by atoms with Crippen LogP contribution in [0.25, 0.3) is 0 Å². The molecule has 0 aromatic heterocycles. The number of carbonyl (C=O) groups excluding carboxylic acids is 1. The molecule has 1 heterocycles. The maximum absolute atomic E-state index is 12.0. The quantitative estimate of drug-likeness (QED) is 0.694. The Kier molecular flexibility index (Phi) is 8.15. The number of esters is 1. The zero-order chi connectivity index (χ0) is 15.0. The summed E-state index contributed by atoms with van der Waals surface area (Å²) in [6.45, 7) is 12.9. The van der Waals surface area contributed by atoms with Crippen molar-refractivity contribution in [3.63, 3.8) is 0 Å². The molecule has 118 valence electrons. The highest BCUT2D eigenvalue weighted by molar-refractivity contribution is 5.76. The Labute approximate surface area is 124 Å². The van der Waals surface area contributed by atoms with E-state index in [1.807, 2.05) is 6.92 Å². The Balaban J connectivity index is 2.43. The molecule has 0 amide bonds. The van der Waals surface area contributed by atoms with Crippen molar-refractivity contribution in [2.24, 2.45) is 11.8 Å². The second kappa shape index (κ2) is 9.35. The fourth-order valence-electron chi connectivity index (χ4n) is 2.84. The highest BCUT2D eigenvalue weighted by atomic mass is 16.5. The van der Waals surface area contributed by atoms with Crippen molar-refractivity contribution in [1.29, 1.82) is 0 Å². The summed E-state index contributed by atoms with van der Waals surface area (Å²) in [5.41, 5.74) is 0. The third-order valence-electron chi connectivity index (χ3n) is 4.23. The molecule has 0 aromatic carbocycles. The molecule has 1 aliphatic rings. The van der Waals surface area contributed by atoms with Crippen LogP contribution in [0, 0.1) is 11.8 Å². The van der Waals surface area contributed by atoms with E-state index < -0.39 is 0 Å². The van der Waals surface area contributed by atoms with E-state index in [0.29, 0.717) is 6.61 Å². The van der Waals surface area contributed by atoms with Crippen LogP contribution in [0.15, 0.2) is 0 Å². The molecular formula is C16H32N2O2. The fourth-order valence-corrected chi connectivity index (χ4v) is 2.84. The summed E-state index contributed by atoms with van der Waals surface area (Å²) in [4.78, 5) is 14.4. The lowest BCUT2D eigenvalue weighted by Crippen LogP contribution is -2.49. The standard InChI is InChI=1S/C16H32N2O2/c1-5-9-17-15(16(19)20-6-2)12-18-10-7-14(8-11-18)13(3)4/h13-15,17H,5-12H2,1-4H3. The monoisotopic (exact) mass is 284 g/mol. The van der Waals surface area contributed by atoms with Gasteiger partial charge in [-0.2, -0.15) is 0 Å². The predicted molar refractivity (Wildman–Crippen MR) is 82.7 cm³/mol. The van der Waals surface area contributed by atoms with E-state index in [1.165, 1.54) is 12.8 Å². The highest BCUT2D eigenvalue weighted by Crippen LogP contribution is 2.24. The normalized spacial score (nSPS) is 19.2. The molecule has 1 atom stereocenters. The van der Waals surface area contributed by atoms with Gasteiger partial charge in [0.25, 0.3) is 0 Å². The lowest BCUT2D eigenvalue weighted by atomic mass is 9.86. The van der Waals surface area contributed by atoms with Gasteiger partial charge in [0.1, 0.15) is 6.04 Å². The van der Waals surface area contributed by atoms with E-state index in [9.17, 15) is 4.79 Å². The lowest BCUT2D eigenvalue weighted by Gasteiger charge is -2.35. The number of nitrogens with one attached hydrogen (secondary N) is 1. The second-order valence-electron chi connectivity index (χ2n) is 6.14. The van der Waals surface area contributed by atoms with Gasteiger partial charge in [-0.25, -0.2) is 0 Å². The molecule has 0 saturated carbocycles. The smallest absolute Gasteiger partial charge is 0.324 e. The van der Waals surface area contributed by atoms with E-state index in [0.717, 1.165) is 44.4 Å². The summed E-state index contributed by atoms with van der Waals surface area (Å²) < 4.78 is 5.17. The van der Waals surface area contributed by atoms with Crippen LogP contribution in [-0.4, -0.2) is 49.7 Å². The molecule has 0 aromatic rings. The molecule has 0 spiro atoms. The fraction of sp³-hybridized carbons (Fsp3) is 0.938. The van der Waals surface area contributed by atoms with Crippen molar-refractivity contribution in [1.82, 2.24) is 10.2 Å². The molecule has 1 fully saturated rings. The Bertz CT molecular complexity index is 274. The summed E-state index contributed by atoms with van der Waals surface area (Å²) in [5.74, 6) is 1.51. The molecule has 1 aliphatic heterocycles. The summed E-state index contributed by atoms with van der Waals surface area (Å²) in [6, 6.07) is -0.175. The zero-order valence-corrected chi connectivity index (χ0v) is 13.7.